The molecule has 1 heterocycles. The lowest BCUT2D eigenvalue weighted by molar-refractivity contribution is -0.131. The zero-order valence-corrected chi connectivity index (χ0v) is 8.53. The number of hydrogen-bond acceptors (Lipinski definition) is 3. The topological polar surface area (TPSA) is 75.0 Å². The van der Waals surface area contributed by atoms with E-state index in [-0.39, 0.29) is 5.91 Å². The summed E-state index contributed by atoms with van der Waals surface area (Å²) < 4.78 is 0. The largest absolute Gasteiger partial charge is 0.348 e. The van der Waals surface area contributed by atoms with E-state index in [4.69, 9.17) is 5.73 Å². The third-order valence-electron chi connectivity index (χ3n) is 2.16. The monoisotopic (exact) mass is 196 g/mol. The summed E-state index contributed by atoms with van der Waals surface area (Å²) in [5.74, 6) is -0.0397. The minimum Gasteiger partial charge on any atom is -0.348 e. The maximum absolute atomic E-state index is 11.6. The molecule has 1 atom stereocenters. The van der Waals surface area contributed by atoms with Crippen molar-refractivity contribution in [2.75, 3.05) is 13.6 Å². The molecule has 1 amide bonds. The molecule has 1 aromatic heterocycles. The fraction of sp³-hybridized carbons (Fsp3) is 0.556. The smallest absolute Gasteiger partial charge is 0.239 e. The van der Waals surface area contributed by atoms with Crippen LogP contribution in [0.1, 0.15) is 12.6 Å². The highest BCUT2D eigenvalue weighted by molar-refractivity contribution is 5.81. The van der Waals surface area contributed by atoms with E-state index in [0.29, 0.717) is 13.0 Å². The average molecular weight is 196 g/mol. The van der Waals surface area contributed by atoms with Crippen molar-refractivity contribution < 1.29 is 4.79 Å². The van der Waals surface area contributed by atoms with E-state index in [1.807, 2.05) is 6.92 Å². The molecular weight excluding hydrogens is 180 g/mol. The van der Waals surface area contributed by atoms with E-state index in [0.717, 1.165) is 5.69 Å². The molecular formula is C9H16N4O. The summed E-state index contributed by atoms with van der Waals surface area (Å²) in [6.45, 7) is 2.59. The molecule has 0 aliphatic rings. The predicted octanol–water partition coefficient (Wildman–Crippen LogP) is -0.242. The molecule has 5 heteroatoms. The van der Waals surface area contributed by atoms with Crippen LogP contribution in [0.15, 0.2) is 12.5 Å². The maximum atomic E-state index is 11.6. The lowest BCUT2D eigenvalue weighted by Crippen LogP contribution is -2.42. The maximum Gasteiger partial charge on any atom is 0.239 e. The number of imidazole rings is 1. The van der Waals surface area contributed by atoms with Gasteiger partial charge in [-0.05, 0) is 6.92 Å². The first kappa shape index (κ1) is 10.7. The van der Waals surface area contributed by atoms with Crippen molar-refractivity contribution in [2.24, 2.45) is 5.73 Å². The summed E-state index contributed by atoms with van der Waals surface area (Å²) in [6.07, 6.45) is 3.76. The quantitative estimate of drug-likeness (QED) is 0.697. The molecule has 0 saturated carbocycles. The van der Waals surface area contributed by atoms with Gasteiger partial charge in [0.25, 0.3) is 0 Å². The number of nitrogens with two attached hydrogens (primary N) is 1. The summed E-state index contributed by atoms with van der Waals surface area (Å²) in [4.78, 5) is 20.0. The van der Waals surface area contributed by atoms with Crippen LogP contribution in [-0.4, -0.2) is 40.4 Å². The Morgan fingerprint density at radius 2 is 2.50 bits per heavy atom. The third kappa shape index (κ3) is 2.56. The first-order valence-electron chi connectivity index (χ1n) is 4.63. The first-order chi connectivity index (χ1) is 6.65. The highest BCUT2D eigenvalue weighted by atomic mass is 16.2. The molecule has 1 rings (SSSR count). The van der Waals surface area contributed by atoms with Gasteiger partial charge in [0.2, 0.25) is 5.91 Å². The van der Waals surface area contributed by atoms with Crippen molar-refractivity contribution in [3.05, 3.63) is 18.2 Å². The fourth-order valence-electron chi connectivity index (χ4n) is 1.16. The van der Waals surface area contributed by atoms with E-state index in [9.17, 15) is 4.79 Å². The van der Waals surface area contributed by atoms with Crippen LogP contribution in [0.4, 0.5) is 0 Å². The highest BCUT2D eigenvalue weighted by Crippen LogP contribution is 1.99. The Labute approximate surface area is 83.3 Å². The van der Waals surface area contributed by atoms with E-state index in [1.54, 1.807) is 24.5 Å². The number of carbonyl (C=O) groups is 1. The Morgan fingerprint density at radius 1 is 1.79 bits per heavy atom. The van der Waals surface area contributed by atoms with Crippen molar-refractivity contribution in [2.45, 2.75) is 19.4 Å². The summed E-state index contributed by atoms with van der Waals surface area (Å²) in [7, 11) is 1.75. The van der Waals surface area contributed by atoms with E-state index >= 15 is 0 Å². The van der Waals surface area contributed by atoms with Crippen LogP contribution in [0.2, 0.25) is 0 Å². The summed E-state index contributed by atoms with van der Waals surface area (Å²) >= 11 is 0. The van der Waals surface area contributed by atoms with Crippen LogP contribution in [-0.2, 0) is 11.2 Å². The molecule has 14 heavy (non-hydrogen) atoms. The van der Waals surface area contributed by atoms with Crippen LogP contribution in [0, 0.1) is 0 Å². The number of nitrogens with one attached hydrogen (secondary N) is 1. The molecule has 0 spiro atoms. The summed E-state index contributed by atoms with van der Waals surface area (Å²) in [5.41, 5.74) is 6.63. The molecule has 0 saturated heterocycles. The van der Waals surface area contributed by atoms with Crippen molar-refractivity contribution in [1.29, 1.82) is 0 Å². The lowest BCUT2D eigenvalue weighted by atomic mass is 10.1. The van der Waals surface area contributed by atoms with Gasteiger partial charge in [0, 0.05) is 31.9 Å². The Bertz CT molecular complexity index is 283. The van der Waals surface area contributed by atoms with Crippen LogP contribution >= 0.6 is 0 Å². The van der Waals surface area contributed by atoms with Crippen molar-refractivity contribution in [1.82, 2.24) is 14.9 Å². The highest BCUT2D eigenvalue weighted by Gasteiger charge is 2.17. The Kier molecular flexibility index (Phi) is 3.64. The van der Waals surface area contributed by atoms with E-state index in [1.165, 1.54) is 0 Å². The zero-order valence-electron chi connectivity index (χ0n) is 8.53. The van der Waals surface area contributed by atoms with Gasteiger partial charge in [0.15, 0.2) is 0 Å². The molecule has 0 radical (unpaired) electrons. The Balaban J connectivity index is 2.50. The molecule has 0 aliphatic carbocycles. The first-order valence-corrected chi connectivity index (χ1v) is 4.63. The van der Waals surface area contributed by atoms with Gasteiger partial charge in [-0.15, -0.1) is 0 Å². The van der Waals surface area contributed by atoms with Gasteiger partial charge >= 0.3 is 0 Å². The number of hydrogen-bond donors (Lipinski definition) is 2. The SMILES string of the molecule is CCN(C)C(=O)[C@@H](N)Cc1cnc[nH]1. The van der Waals surface area contributed by atoms with Gasteiger partial charge in [-0.3, -0.25) is 4.79 Å². The Morgan fingerprint density at radius 3 is 3.00 bits per heavy atom. The molecule has 0 unspecified atom stereocenters. The predicted molar refractivity (Wildman–Crippen MR) is 53.6 cm³/mol. The second kappa shape index (κ2) is 4.76. The van der Waals surface area contributed by atoms with Gasteiger partial charge < -0.3 is 15.6 Å². The lowest BCUT2D eigenvalue weighted by Gasteiger charge is -2.18. The molecule has 1 aromatic rings. The summed E-state index contributed by atoms with van der Waals surface area (Å²) in [6, 6.07) is -0.486. The number of aromatic amines is 1. The van der Waals surface area contributed by atoms with Gasteiger partial charge in [-0.25, -0.2) is 4.98 Å². The van der Waals surface area contributed by atoms with Gasteiger partial charge in [0.05, 0.1) is 12.4 Å². The van der Waals surface area contributed by atoms with Gasteiger partial charge in [0.1, 0.15) is 0 Å². The van der Waals surface area contributed by atoms with Crippen LogP contribution in [0.25, 0.3) is 0 Å². The normalized spacial score (nSPS) is 12.5. The number of aromatic nitrogens is 2. The van der Waals surface area contributed by atoms with Crippen LogP contribution < -0.4 is 5.73 Å². The number of rotatable bonds is 4. The van der Waals surface area contributed by atoms with Crippen LogP contribution in [0.5, 0.6) is 0 Å². The minimum absolute atomic E-state index is 0.0397. The molecule has 0 fully saturated rings. The van der Waals surface area contributed by atoms with Crippen molar-refractivity contribution in [3.8, 4) is 0 Å². The molecule has 0 bridgehead atoms. The second-order valence-electron chi connectivity index (χ2n) is 3.24. The van der Waals surface area contributed by atoms with Crippen molar-refractivity contribution >= 4 is 5.91 Å². The van der Waals surface area contributed by atoms with E-state index in [2.05, 4.69) is 9.97 Å². The fourth-order valence-corrected chi connectivity index (χ4v) is 1.16. The number of nitrogens with zero attached hydrogens (tertiary/aromatic N) is 2. The standard InChI is InChI=1S/C9H16N4O/c1-3-13(2)9(14)8(10)4-7-5-11-6-12-7/h5-6,8H,3-4,10H2,1-2H3,(H,11,12)/t8-/m0/s1. The number of likely N-dealkylation sites (N-methyl/N-ethyl adjacent to an activating group) is 1. The molecule has 78 valence electrons. The number of amides is 1. The molecule has 0 aliphatic heterocycles. The number of H-pyrrole nitrogens is 1. The minimum atomic E-state index is -0.486. The third-order valence-corrected chi connectivity index (χ3v) is 2.16. The second-order valence-corrected chi connectivity index (χ2v) is 3.24. The average Bonchev–Trinajstić information content (AvgIpc) is 2.68. The summed E-state index contributed by atoms with van der Waals surface area (Å²) in [5, 5.41) is 0. The van der Waals surface area contributed by atoms with Crippen LogP contribution in [0.3, 0.4) is 0 Å². The Hall–Kier alpha value is -1.36. The van der Waals surface area contributed by atoms with E-state index < -0.39 is 6.04 Å². The van der Waals surface area contributed by atoms with Crippen molar-refractivity contribution in [3.63, 3.8) is 0 Å². The molecule has 5 nitrogen and oxygen atoms in total. The molecule has 0 aromatic carbocycles. The number of carbonyl (C=O) groups excluding carboxylic acids is 1. The van der Waals surface area contributed by atoms with Gasteiger partial charge in [-0.1, -0.05) is 0 Å². The van der Waals surface area contributed by atoms with Gasteiger partial charge in [-0.2, -0.15) is 0 Å². The molecule has 3 N–H and O–H groups in total. The zero-order chi connectivity index (χ0) is 10.6.